The number of benzene rings is 2. The Kier molecular flexibility index (Phi) is 7.70. The first-order valence-corrected chi connectivity index (χ1v) is 14.7. The third-order valence-electron chi connectivity index (χ3n) is 7.56. The number of anilines is 1. The highest BCUT2D eigenvalue weighted by atomic mass is 79.9. The molecule has 5 rings (SSSR count). The van der Waals surface area contributed by atoms with Crippen LogP contribution in [0.2, 0.25) is 10.0 Å². The summed E-state index contributed by atoms with van der Waals surface area (Å²) in [4.78, 5) is 40.2. The van der Waals surface area contributed by atoms with Gasteiger partial charge in [0.15, 0.2) is 18.2 Å². The number of amides is 1. The van der Waals surface area contributed by atoms with Crippen molar-refractivity contribution in [2.45, 2.75) is 59.3 Å². The number of allylic oxidation sites excluding steroid dienone is 4. The van der Waals surface area contributed by atoms with Gasteiger partial charge in [0.2, 0.25) is 0 Å². The molecule has 40 heavy (non-hydrogen) atoms. The van der Waals surface area contributed by atoms with E-state index < -0.39 is 5.92 Å². The van der Waals surface area contributed by atoms with Crippen LogP contribution in [0.3, 0.4) is 0 Å². The standard InChI is InChI=1S/C31H31BrCl2N2O4/c1-30(2)11-21-28(23(37)13-30)27(29-22(36-21)12-31(3,4)14-24(29)38)18-9-16(32)5-8-25(18)40-15-26(39)35-17-6-7-19(33)20(34)10-17/h5-10,27,36H,11-15H2,1-4H3,(H,35,39). The van der Waals surface area contributed by atoms with Gasteiger partial charge in [0.25, 0.3) is 5.91 Å². The minimum absolute atomic E-state index is 0.0243. The van der Waals surface area contributed by atoms with Gasteiger partial charge >= 0.3 is 0 Å². The van der Waals surface area contributed by atoms with Gasteiger partial charge in [0.1, 0.15) is 5.75 Å². The molecule has 2 aromatic carbocycles. The van der Waals surface area contributed by atoms with Crippen molar-refractivity contribution in [1.29, 1.82) is 0 Å². The monoisotopic (exact) mass is 644 g/mol. The molecule has 1 aliphatic heterocycles. The molecule has 2 aromatic rings. The van der Waals surface area contributed by atoms with Crippen LogP contribution >= 0.6 is 39.1 Å². The number of carbonyl (C=O) groups is 3. The Bertz CT molecular complexity index is 1460. The SMILES string of the molecule is CC1(C)CC(=O)C2=C(C1)NC1=C(C(=O)CC(C)(C)C1)C2c1cc(Br)ccc1OCC(=O)Nc1ccc(Cl)c(Cl)c1. The molecule has 0 saturated heterocycles. The third kappa shape index (κ3) is 5.88. The molecule has 0 unspecified atom stereocenters. The quantitative estimate of drug-likeness (QED) is 0.347. The lowest BCUT2D eigenvalue weighted by atomic mass is 9.64. The van der Waals surface area contributed by atoms with E-state index in [1.54, 1.807) is 24.3 Å². The van der Waals surface area contributed by atoms with Crippen molar-refractivity contribution in [3.8, 4) is 5.75 Å². The number of dihydropyridines is 1. The fraction of sp³-hybridized carbons (Fsp3) is 0.387. The lowest BCUT2D eigenvalue weighted by Gasteiger charge is -2.44. The summed E-state index contributed by atoms with van der Waals surface area (Å²) in [6.45, 7) is 8.08. The average molecular weight is 646 g/mol. The van der Waals surface area contributed by atoms with Crippen LogP contribution in [0.1, 0.15) is 64.9 Å². The lowest BCUT2D eigenvalue weighted by Crippen LogP contribution is -2.42. The van der Waals surface area contributed by atoms with Crippen LogP contribution in [0.5, 0.6) is 5.75 Å². The summed E-state index contributed by atoms with van der Waals surface area (Å²) in [6.07, 6.45) is 2.18. The first-order chi connectivity index (χ1) is 18.7. The molecule has 1 amide bonds. The molecule has 0 aromatic heterocycles. The second-order valence-corrected chi connectivity index (χ2v) is 14.1. The molecule has 6 nitrogen and oxygen atoms in total. The molecule has 0 atom stereocenters. The number of rotatable bonds is 5. The Morgan fingerprint density at radius 1 is 0.925 bits per heavy atom. The van der Waals surface area contributed by atoms with Gasteiger partial charge in [-0.3, -0.25) is 14.4 Å². The van der Waals surface area contributed by atoms with E-state index in [1.165, 1.54) is 0 Å². The number of halogens is 3. The summed E-state index contributed by atoms with van der Waals surface area (Å²) in [7, 11) is 0. The van der Waals surface area contributed by atoms with Gasteiger partial charge in [-0.25, -0.2) is 0 Å². The normalized spacial score (nSPS) is 20.1. The highest BCUT2D eigenvalue weighted by Gasteiger charge is 2.47. The minimum atomic E-state index is -0.580. The maximum atomic E-state index is 13.7. The molecular weight excluding hydrogens is 615 g/mol. The molecule has 0 bridgehead atoms. The van der Waals surface area contributed by atoms with Crippen LogP contribution in [0, 0.1) is 10.8 Å². The summed E-state index contributed by atoms with van der Waals surface area (Å²) in [6, 6.07) is 10.3. The van der Waals surface area contributed by atoms with Gasteiger partial charge in [-0.15, -0.1) is 0 Å². The van der Waals surface area contributed by atoms with Crippen molar-refractivity contribution in [2.75, 3.05) is 11.9 Å². The zero-order chi connectivity index (χ0) is 29.0. The number of hydrogen-bond acceptors (Lipinski definition) is 5. The Balaban J connectivity index is 1.52. The zero-order valence-corrected chi connectivity index (χ0v) is 25.9. The maximum absolute atomic E-state index is 13.7. The van der Waals surface area contributed by atoms with Gasteiger partial charge in [-0.1, -0.05) is 66.8 Å². The van der Waals surface area contributed by atoms with Crippen molar-refractivity contribution in [3.05, 3.63) is 79.0 Å². The molecule has 0 radical (unpaired) electrons. The largest absolute Gasteiger partial charge is 0.483 e. The summed E-state index contributed by atoms with van der Waals surface area (Å²) >= 11 is 15.6. The highest BCUT2D eigenvalue weighted by molar-refractivity contribution is 9.10. The van der Waals surface area contributed by atoms with E-state index in [1.807, 2.05) is 12.1 Å². The lowest BCUT2D eigenvalue weighted by molar-refractivity contribution is -0.120. The smallest absolute Gasteiger partial charge is 0.262 e. The summed E-state index contributed by atoms with van der Waals surface area (Å²) in [5.74, 6) is -0.478. The first kappa shape index (κ1) is 28.9. The second-order valence-electron chi connectivity index (χ2n) is 12.4. The molecule has 3 aliphatic rings. The number of ether oxygens (including phenoxy) is 1. The second kappa shape index (κ2) is 10.7. The molecule has 2 aliphatic carbocycles. The third-order valence-corrected chi connectivity index (χ3v) is 8.80. The fourth-order valence-electron chi connectivity index (χ4n) is 5.99. The van der Waals surface area contributed by atoms with E-state index in [9.17, 15) is 14.4 Å². The van der Waals surface area contributed by atoms with Crippen molar-refractivity contribution >= 4 is 62.3 Å². The minimum Gasteiger partial charge on any atom is -0.483 e. The maximum Gasteiger partial charge on any atom is 0.262 e. The molecule has 1 heterocycles. The van der Waals surface area contributed by atoms with Crippen molar-refractivity contribution in [2.24, 2.45) is 10.8 Å². The van der Waals surface area contributed by atoms with Crippen molar-refractivity contribution in [1.82, 2.24) is 5.32 Å². The predicted molar refractivity (Wildman–Crippen MR) is 161 cm³/mol. The molecule has 0 saturated carbocycles. The Hall–Kier alpha value is -2.61. The molecule has 210 valence electrons. The average Bonchev–Trinajstić information content (AvgIpc) is 2.82. The Morgan fingerprint density at radius 2 is 1.52 bits per heavy atom. The Morgan fingerprint density at radius 3 is 2.10 bits per heavy atom. The van der Waals surface area contributed by atoms with E-state index in [2.05, 4.69) is 54.3 Å². The molecule has 0 fully saturated rings. The van der Waals surface area contributed by atoms with E-state index in [4.69, 9.17) is 27.9 Å². The number of hydrogen-bond donors (Lipinski definition) is 2. The van der Waals surface area contributed by atoms with Gasteiger partial charge in [-0.05, 0) is 60.1 Å². The van der Waals surface area contributed by atoms with Crippen LogP contribution in [-0.2, 0) is 14.4 Å². The molecule has 9 heteroatoms. The van der Waals surface area contributed by atoms with E-state index >= 15 is 0 Å². The summed E-state index contributed by atoms with van der Waals surface area (Å²) < 4.78 is 6.85. The number of nitrogens with one attached hydrogen (secondary N) is 2. The van der Waals surface area contributed by atoms with Crippen LogP contribution in [-0.4, -0.2) is 24.1 Å². The van der Waals surface area contributed by atoms with Gasteiger partial charge < -0.3 is 15.4 Å². The van der Waals surface area contributed by atoms with Gasteiger partial charge in [0, 0.05) is 57.0 Å². The van der Waals surface area contributed by atoms with E-state index in [0.717, 1.165) is 15.9 Å². The number of carbonyl (C=O) groups excluding carboxylic acids is 3. The van der Waals surface area contributed by atoms with Crippen molar-refractivity contribution < 1.29 is 19.1 Å². The van der Waals surface area contributed by atoms with Crippen LogP contribution in [0.4, 0.5) is 5.69 Å². The van der Waals surface area contributed by atoms with Gasteiger partial charge in [-0.2, -0.15) is 0 Å². The van der Waals surface area contributed by atoms with E-state index in [0.29, 0.717) is 63.9 Å². The number of ketones is 2. The van der Waals surface area contributed by atoms with Crippen LogP contribution in [0.25, 0.3) is 0 Å². The molecular formula is C31H31BrCl2N2O4. The Labute approximate surface area is 252 Å². The predicted octanol–water partition coefficient (Wildman–Crippen LogP) is 7.75. The number of Topliss-reactive ketones (excluding diaryl/α,β-unsaturated/α-hetero) is 2. The topological polar surface area (TPSA) is 84.5 Å². The first-order valence-electron chi connectivity index (χ1n) is 13.2. The van der Waals surface area contributed by atoms with E-state index in [-0.39, 0.29) is 34.9 Å². The zero-order valence-electron chi connectivity index (χ0n) is 22.8. The fourth-order valence-corrected chi connectivity index (χ4v) is 6.67. The summed E-state index contributed by atoms with van der Waals surface area (Å²) in [5, 5.41) is 7.01. The summed E-state index contributed by atoms with van der Waals surface area (Å²) in [5.41, 5.74) is 3.77. The van der Waals surface area contributed by atoms with Crippen LogP contribution < -0.4 is 15.4 Å². The highest BCUT2D eigenvalue weighted by Crippen LogP contribution is 2.52. The molecule has 0 spiro atoms. The molecule has 2 N–H and O–H groups in total. The van der Waals surface area contributed by atoms with Crippen LogP contribution in [0.15, 0.2) is 63.4 Å². The van der Waals surface area contributed by atoms with Gasteiger partial charge in [0.05, 0.1) is 10.0 Å². The van der Waals surface area contributed by atoms with Crippen molar-refractivity contribution in [3.63, 3.8) is 0 Å².